The number of hydrogen-bond donors (Lipinski definition) is 1. The summed E-state index contributed by atoms with van der Waals surface area (Å²) in [7, 11) is -4.00. The first-order chi connectivity index (χ1) is 14.7. The summed E-state index contributed by atoms with van der Waals surface area (Å²) in [5.41, 5.74) is 5.35. The Bertz CT molecular complexity index is 1170. The van der Waals surface area contributed by atoms with E-state index in [-0.39, 0.29) is 10.6 Å². The topological polar surface area (TPSA) is 64.6 Å². The molecule has 0 aromatic heterocycles. The molecule has 0 bridgehead atoms. The number of aryl methyl sites for hydroxylation is 2. The highest BCUT2D eigenvalue weighted by Gasteiger charge is 2.22. The molecule has 3 rings (SSSR count). The Labute approximate surface area is 192 Å². The van der Waals surface area contributed by atoms with E-state index in [2.05, 4.69) is 41.2 Å². The molecule has 7 heteroatoms. The molecule has 0 aliphatic carbocycles. The summed E-state index contributed by atoms with van der Waals surface area (Å²) < 4.78 is 37.2. The standard InChI is InChI=1S/C24H26BrNO4S/c1-5-29-23-14-19(15-26-22-8-6-7-17(3)18(22)4)13-21(25)24(23)30-31(27,28)20-11-9-16(2)10-12-20/h6-14,26H,5,15H2,1-4H3. The number of benzene rings is 3. The van der Waals surface area contributed by atoms with Gasteiger partial charge in [0.15, 0.2) is 11.5 Å². The maximum atomic E-state index is 12.8. The van der Waals surface area contributed by atoms with Crippen LogP contribution < -0.4 is 14.2 Å². The van der Waals surface area contributed by atoms with Gasteiger partial charge < -0.3 is 14.2 Å². The van der Waals surface area contributed by atoms with Gasteiger partial charge in [-0.05, 0) is 90.6 Å². The molecule has 5 nitrogen and oxygen atoms in total. The maximum absolute atomic E-state index is 12.8. The number of halogens is 1. The van der Waals surface area contributed by atoms with Gasteiger partial charge in [-0.25, -0.2) is 0 Å². The number of rotatable bonds is 8. The van der Waals surface area contributed by atoms with Crippen LogP contribution in [0.15, 0.2) is 64.0 Å². The van der Waals surface area contributed by atoms with E-state index in [9.17, 15) is 8.42 Å². The molecule has 0 heterocycles. The van der Waals surface area contributed by atoms with Crippen molar-refractivity contribution in [2.24, 2.45) is 0 Å². The fraction of sp³-hybridized carbons (Fsp3) is 0.250. The first-order valence-electron chi connectivity index (χ1n) is 9.97. The zero-order valence-electron chi connectivity index (χ0n) is 18.0. The smallest absolute Gasteiger partial charge is 0.339 e. The fourth-order valence-electron chi connectivity index (χ4n) is 3.07. The van der Waals surface area contributed by atoms with Crippen molar-refractivity contribution in [1.29, 1.82) is 0 Å². The van der Waals surface area contributed by atoms with Crippen LogP contribution in [0.2, 0.25) is 0 Å². The normalized spacial score (nSPS) is 11.3. The Morgan fingerprint density at radius 1 is 1.00 bits per heavy atom. The van der Waals surface area contributed by atoms with E-state index >= 15 is 0 Å². The highest BCUT2D eigenvalue weighted by Crippen LogP contribution is 2.39. The van der Waals surface area contributed by atoms with Gasteiger partial charge in [0.1, 0.15) is 4.90 Å². The van der Waals surface area contributed by atoms with Gasteiger partial charge in [0.2, 0.25) is 0 Å². The third kappa shape index (κ3) is 5.60. The second kappa shape index (κ2) is 9.75. The van der Waals surface area contributed by atoms with Crippen LogP contribution in [0, 0.1) is 20.8 Å². The van der Waals surface area contributed by atoms with Gasteiger partial charge >= 0.3 is 10.1 Å². The van der Waals surface area contributed by atoms with E-state index in [4.69, 9.17) is 8.92 Å². The van der Waals surface area contributed by atoms with Crippen LogP contribution in [0.1, 0.15) is 29.2 Å². The van der Waals surface area contributed by atoms with Gasteiger partial charge in [0, 0.05) is 12.2 Å². The fourth-order valence-corrected chi connectivity index (χ4v) is 4.70. The Balaban J connectivity index is 1.88. The Morgan fingerprint density at radius 3 is 2.39 bits per heavy atom. The summed E-state index contributed by atoms with van der Waals surface area (Å²) in [6.45, 7) is 8.81. The van der Waals surface area contributed by atoms with Gasteiger partial charge in [0.05, 0.1) is 11.1 Å². The lowest BCUT2D eigenvalue weighted by atomic mass is 10.1. The van der Waals surface area contributed by atoms with Crippen molar-refractivity contribution < 1.29 is 17.3 Å². The summed E-state index contributed by atoms with van der Waals surface area (Å²) >= 11 is 3.46. The molecule has 0 aliphatic heterocycles. The molecule has 0 fully saturated rings. The minimum atomic E-state index is -4.00. The molecule has 0 unspecified atom stereocenters. The third-order valence-electron chi connectivity index (χ3n) is 4.96. The van der Waals surface area contributed by atoms with Crippen LogP contribution >= 0.6 is 15.9 Å². The quantitative estimate of drug-likeness (QED) is 0.373. The predicted octanol–water partition coefficient (Wildman–Crippen LogP) is 6.15. The van der Waals surface area contributed by atoms with Crippen molar-refractivity contribution in [3.8, 4) is 11.5 Å². The van der Waals surface area contributed by atoms with Crippen LogP contribution in [0.4, 0.5) is 5.69 Å². The molecule has 164 valence electrons. The summed E-state index contributed by atoms with van der Waals surface area (Å²) in [4.78, 5) is 0.0908. The van der Waals surface area contributed by atoms with Gasteiger partial charge in [-0.1, -0.05) is 29.8 Å². The number of hydrogen-bond acceptors (Lipinski definition) is 5. The van der Waals surface area contributed by atoms with Crippen LogP contribution in [-0.2, 0) is 16.7 Å². The van der Waals surface area contributed by atoms with Crippen LogP contribution in [0.5, 0.6) is 11.5 Å². The largest absolute Gasteiger partial charge is 0.490 e. The Morgan fingerprint density at radius 2 is 1.71 bits per heavy atom. The van der Waals surface area contributed by atoms with Crippen LogP contribution in [0.25, 0.3) is 0 Å². The first kappa shape index (κ1) is 23.2. The van der Waals surface area contributed by atoms with E-state index in [0.29, 0.717) is 23.4 Å². The molecule has 0 atom stereocenters. The average Bonchev–Trinajstić information content (AvgIpc) is 2.72. The summed E-state index contributed by atoms with van der Waals surface area (Å²) in [5, 5.41) is 3.43. The Hall–Kier alpha value is -2.51. The monoisotopic (exact) mass is 503 g/mol. The van der Waals surface area contributed by atoms with E-state index in [1.807, 2.05) is 32.0 Å². The second-order valence-corrected chi connectivity index (χ2v) is 9.69. The van der Waals surface area contributed by atoms with E-state index < -0.39 is 10.1 Å². The molecule has 0 saturated carbocycles. The second-order valence-electron chi connectivity index (χ2n) is 7.29. The van der Waals surface area contributed by atoms with Gasteiger partial charge in [-0.2, -0.15) is 8.42 Å². The van der Waals surface area contributed by atoms with Crippen LogP contribution in [0.3, 0.4) is 0 Å². The lowest BCUT2D eigenvalue weighted by Gasteiger charge is -2.16. The van der Waals surface area contributed by atoms with Crippen LogP contribution in [-0.4, -0.2) is 15.0 Å². The summed E-state index contributed by atoms with van der Waals surface area (Å²) in [5.74, 6) is 0.503. The van der Waals surface area contributed by atoms with Gasteiger partial charge in [0.25, 0.3) is 0 Å². The molecule has 1 N–H and O–H groups in total. The Kier molecular flexibility index (Phi) is 7.28. The zero-order chi connectivity index (χ0) is 22.6. The van der Waals surface area contributed by atoms with Crippen molar-refractivity contribution in [2.45, 2.75) is 39.1 Å². The molecule has 0 saturated heterocycles. The van der Waals surface area contributed by atoms with Crippen molar-refractivity contribution >= 4 is 31.7 Å². The van der Waals surface area contributed by atoms with Crippen molar-refractivity contribution in [1.82, 2.24) is 0 Å². The molecular weight excluding hydrogens is 478 g/mol. The molecule has 0 radical (unpaired) electrons. The number of ether oxygens (including phenoxy) is 1. The molecule has 0 spiro atoms. The van der Waals surface area contributed by atoms with E-state index in [1.54, 1.807) is 18.2 Å². The minimum absolute atomic E-state index is 0.0908. The molecular formula is C24H26BrNO4S. The van der Waals surface area contributed by atoms with Gasteiger partial charge in [-0.3, -0.25) is 0 Å². The molecule has 3 aromatic rings. The van der Waals surface area contributed by atoms with E-state index in [0.717, 1.165) is 16.8 Å². The lowest BCUT2D eigenvalue weighted by Crippen LogP contribution is -2.12. The number of nitrogens with one attached hydrogen (secondary N) is 1. The minimum Gasteiger partial charge on any atom is -0.490 e. The SMILES string of the molecule is CCOc1cc(CNc2cccc(C)c2C)cc(Br)c1OS(=O)(=O)c1ccc(C)cc1. The molecule has 0 amide bonds. The predicted molar refractivity (Wildman–Crippen MR) is 128 cm³/mol. The lowest BCUT2D eigenvalue weighted by molar-refractivity contribution is 0.326. The van der Waals surface area contributed by atoms with Crippen molar-refractivity contribution in [3.05, 3.63) is 81.3 Å². The first-order valence-corrected chi connectivity index (χ1v) is 12.2. The van der Waals surface area contributed by atoms with Crippen molar-refractivity contribution in [3.63, 3.8) is 0 Å². The van der Waals surface area contributed by atoms with E-state index in [1.165, 1.54) is 23.3 Å². The highest BCUT2D eigenvalue weighted by atomic mass is 79.9. The maximum Gasteiger partial charge on any atom is 0.339 e. The summed E-state index contributed by atoms with van der Waals surface area (Å²) in [6, 6.07) is 16.3. The summed E-state index contributed by atoms with van der Waals surface area (Å²) in [6.07, 6.45) is 0. The molecule has 3 aromatic carbocycles. The average molecular weight is 504 g/mol. The molecule has 0 aliphatic rings. The number of anilines is 1. The molecule has 31 heavy (non-hydrogen) atoms. The third-order valence-corrected chi connectivity index (χ3v) is 6.78. The highest BCUT2D eigenvalue weighted by molar-refractivity contribution is 9.10. The van der Waals surface area contributed by atoms with Crippen molar-refractivity contribution in [2.75, 3.05) is 11.9 Å². The van der Waals surface area contributed by atoms with Gasteiger partial charge in [-0.15, -0.1) is 0 Å². The zero-order valence-corrected chi connectivity index (χ0v) is 20.4.